The quantitative estimate of drug-likeness (QED) is 0.140. The molecule has 3 amide bonds. The summed E-state index contributed by atoms with van der Waals surface area (Å²) < 4.78 is 68.5. The largest absolute Gasteiger partial charge is 0.465 e. The van der Waals surface area contributed by atoms with E-state index in [2.05, 4.69) is 10.0 Å². The van der Waals surface area contributed by atoms with E-state index in [1.165, 1.54) is 23.1 Å². The molecule has 4 rings (SSSR count). The second-order valence-electron chi connectivity index (χ2n) is 11.9. The fourth-order valence-electron chi connectivity index (χ4n) is 5.46. The van der Waals surface area contributed by atoms with Crippen LogP contribution in [0.2, 0.25) is 10.0 Å². The van der Waals surface area contributed by atoms with E-state index in [4.69, 9.17) is 32.7 Å². The molecule has 1 aliphatic rings. The lowest BCUT2D eigenvalue weighted by Crippen LogP contribution is -2.59. The number of amides is 3. The number of rotatable bonds is 19. The van der Waals surface area contributed by atoms with Crippen LogP contribution < -0.4 is 10.0 Å². The van der Waals surface area contributed by atoms with Crippen LogP contribution >= 0.6 is 23.2 Å². The third-order valence-electron chi connectivity index (χ3n) is 8.13. The predicted octanol–water partition coefficient (Wildman–Crippen LogP) is 5.22. The van der Waals surface area contributed by atoms with Crippen LogP contribution in [0.3, 0.4) is 0 Å². The van der Waals surface area contributed by atoms with E-state index in [1.807, 2.05) is 0 Å². The van der Waals surface area contributed by atoms with Crippen molar-refractivity contribution in [2.24, 2.45) is 0 Å². The Morgan fingerprint density at radius 2 is 1.62 bits per heavy atom. The van der Waals surface area contributed by atoms with Crippen LogP contribution in [0.5, 0.6) is 0 Å². The van der Waals surface area contributed by atoms with Gasteiger partial charge < -0.3 is 24.8 Å². The van der Waals surface area contributed by atoms with Crippen molar-refractivity contribution in [2.45, 2.75) is 69.0 Å². The molecule has 0 heterocycles. The number of carbonyl (C=O) groups is 3. The van der Waals surface area contributed by atoms with Crippen LogP contribution in [-0.2, 0) is 42.1 Å². The number of hydrogen-bond acceptors (Lipinski definition) is 7. The van der Waals surface area contributed by atoms with Gasteiger partial charge in [-0.25, -0.2) is 26.7 Å². The van der Waals surface area contributed by atoms with E-state index in [9.17, 15) is 36.7 Å². The molecule has 52 heavy (non-hydrogen) atoms. The summed E-state index contributed by atoms with van der Waals surface area (Å²) in [5.74, 6) is -3.93. The number of benzene rings is 3. The van der Waals surface area contributed by atoms with Crippen molar-refractivity contribution in [3.8, 4) is 0 Å². The number of sulfonamides is 1. The summed E-state index contributed by atoms with van der Waals surface area (Å²) in [5, 5.41) is 12.9. The number of ether oxygens (including phenoxy) is 2. The summed E-state index contributed by atoms with van der Waals surface area (Å²) in [7, 11) is -4.43. The van der Waals surface area contributed by atoms with E-state index in [-0.39, 0.29) is 59.3 Å². The average Bonchev–Trinajstić information content (AvgIpc) is 3.94. The Morgan fingerprint density at radius 3 is 2.19 bits per heavy atom. The average molecular weight is 786 g/mol. The fourth-order valence-corrected chi connectivity index (χ4v) is 7.27. The van der Waals surface area contributed by atoms with Gasteiger partial charge in [-0.3, -0.25) is 14.5 Å². The van der Waals surface area contributed by atoms with Crippen molar-refractivity contribution >= 4 is 51.1 Å². The minimum absolute atomic E-state index is 0.00430. The summed E-state index contributed by atoms with van der Waals surface area (Å²) in [4.78, 5) is 43.1. The van der Waals surface area contributed by atoms with E-state index < -0.39 is 64.5 Å². The van der Waals surface area contributed by atoms with Crippen molar-refractivity contribution in [3.05, 3.63) is 99.5 Å². The first-order valence-corrected chi connectivity index (χ1v) is 18.7. The lowest BCUT2D eigenvalue weighted by Gasteiger charge is -2.33. The molecule has 0 saturated heterocycles. The summed E-state index contributed by atoms with van der Waals surface area (Å²) >= 11 is 12.1. The third-order valence-corrected chi connectivity index (χ3v) is 10.3. The molecule has 1 saturated carbocycles. The molecule has 1 fully saturated rings. The molecule has 0 aromatic heterocycles. The first-order valence-electron chi connectivity index (χ1n) is 16.5. The topological polar surface area (TPSA) is 155 Å². The normalized spacial score (nSPS) is 14.1. The van der Waals surface area contributed by atoms with Gasteiger partial charge in [0.15, 0.2) is 17.9 Å². The second kappa shape index (κ2) is 18.8. The van der Waals surface area contributed by atoms with Crippen LogP contribution in [0.25, 0.3) is 0 Å². The SMILES string of the molecule is CCOC(CN(C(=O)C(Cc1ccc(F)c(F)c1)NC(=O)C(CNS(=O)(=O)c1ccc(Cl)cc1Cl)N(Cc1ccccc1)C(=O)O)C1CC1)OCC. The monoisotopic (exact) mass is 784 g/mol. The Kier molecular flexibility index (Phi) is 14.8. The van der Waals surface area contributed by atoms with Gasteiger partial charge >= 0.3 is 6.09 Å². The van der Waals surface area contributed by atoms with E-state index >= 15 is 0 Å². The van der Waals surface area contributed by atoms with E-state index in [0.717, 1.165) is 23.1 Å². The second-order valence-corrected chi connectivity index (χ2v) is 14.5. The Morgan fingerprint density at radius 1 is 0.942 bits per heavy atom. The molecule has 0 radical (unpaired) electrons. The minimum Gasteiger partial charge on any atom is -0.465 e. The Labute approximate surface area is 311 Å². The van der Waals surface area contributed by atoms with Gasteiger partial charge in [-0.15, -0.1) is 0 Å². The van der Waals surface area contributed by atoms with Crippen LogP contribution in [0.15, 0.2) is 71.6 Å². The molecule has 12 nitrogen and oxygen atoms in total. The summed E-state index contributed by atoms with van der Waals surface area (Å²) in [6.07, 6.45) is -1.36. The number of nitrogens with one attached hydrogen (secondary N) is 2. The molecule has 3 aromatic carbocycles. The van der Waals surface area contributed by atoms with Crippen LogP contribution in [0.1, 0.15) is 37.8 Å². The number of hydrogen-bond donors (Lipinski definition) is 3. The van der Waals surface area contributed by atoms with E-state index in [0.29, 0.717) is 18.4 Å². The number of halogens is 4. The minimum atomic E-state index is -4.43. The van der Waals surface area contributed by atoms with Crippen LogP contribution in [0, 0.1) is 11.6 Å². The number of carboxylic acid groups (broad SMARTS) is 1. The van der Waals surface area contributed by atoms with Gasteiger partial charge in [-0.2, -0.15) is 0 Å². The molecule has 2 atom stereocenters. The standard InChI is InChI=1S/C35H40Cl2F2N4O8S/c1-3-50-32(51-4-2)21-42(25-12-13-25)34(45)29(17-23-10-14-27(38)28(39)16-23)41-33(44)30(43(35(46)47)20-22-8-6-5-7-9-22)19-40-52(48,49)31-15-11-24(36)18-26(31)37/h5-11,14-16,18,25,29-30,32,40H,3-4,12-13,17,19-21H2,1-2H3,(H,41,44)(H,46,47). The lowest BCUT2D eigenvalue weighted by molar-refractivity contribution is -0.161. The van der Waals surface area contributed by atoms with Gasteiger partial charge in [0.05, 0.1) is 11.6 Å². The van der Waals surface area contributed by atoms with Crippen LogP contribution in [0.4, 0.5) is 13.6 Å². The highest BCUT2D eigenvalue weighted by atomic mass is 35.5. The third kappa shape index (κ3) is 11.3. The van der Waals surface area contributed by atoms with Gasteiger partial charge in [0.2, 0.25) is 21.8 Å². The van der Waals surface area contributed by atoms with Gasteiger partial charge in [0, 0.05) is 43.8 Å². The van der Waals surface area contributed by atoms with Crippen LogP contribution in [-0.4, -0.2) is 92.0 Å². The Bertz CT molecular complexity index is 1820. The molecular formula is C35H40Cl2F2N4O8S. The van der Waals surface area contributed by atoms with Crippen molar-refractivity contribution in [2.75, 3.05) is 26.3 Å². The predicted molar refractivity (Wildman–Crippen MR) is 189 cm³/mol. The van der Waals surface area contributed by atoms with Crippen molar-refractivity contribution < 1.29 is 46.2 Å². The number of carbonyl (C=O) groups excluding carboxylic acids is 2. The molecule has 0 spiro atoms. The summed E-state index contributed by atoms with van der Waals surface area (Å²) in [6.45, 7) is 2.99. The van der Waals surface area contributed by atoms with Gasteiger partial charge in [-0.1, -0.05) is 59.6 Å². The fraction of sp³-hybridized carbons (Fsp3) is 0.400. The van der Waals surface area contributed by atoms with Crippen molar-refractivity contribution in [1.82, 2.24) is 19.8 Å². The summed E-state index contributed by atoms with van der Waals surface area (Å²) in [6, 6.07) is 11.6. The zero-order valence-electron chi connectivity index (χ0n) is 28.4. The highest BCUT2D eigenvalue weighted by molar-refractivity contribution is 7.89. The molecule has 0 aliphatic heterocycles. The zero-order valence-corrected chi connectivity index (χ0v) is 30.8. The maximum Gasteiger partial charge on any atom is 0.408 e. The molecule has 17 heteroatoms. The molecule has 3 N–H and O–H groups in total. The van der Waals surface area contributed by atoms with Gasteiger partial charge in [-0.05, 0) is 68.1 Å². The lowest BCUT2D eigenvalue weighted by atomic mass is 10.0. The maximum absolute atomic E-state index is 14.3. The van der Waals surface area contributed by atoms with E-state index in [1.54, 1.807) is 44.2 Å². The maximum atomic E-state index is 14.3. The molecule has 2 unspecified atom stereocenters. The van der Waals surface area contributed by atoms with Gasteiger partial charge in [0.25, 0.3) is 0 Å². The number of nitrogens with zero attached hydrogens (tertiary/aromatic N) is 2. The highest BCUT2D eigenvalue weighted by Crippen LogP contribution is 2.29. The molecule has 282 valence electrons. The van der Waals surface area contributed by atoms with Gasteiger partial charge in [0.1, 0.15) is 17.0 Å². The summed E-state index contributed by atoms with van der Waals surface area (Å²) in [5.41, 5.74) is 0.645. The van der Waals surface area contributed by atoms with Crippen molar-refractivity contribution in [3.63, 3.8) is 0 Å². The van der Waals surface area contributed by atoms with Crippen molar-refractivity contribution in [1.29, 1.82) is 0 Å². The molecule has 0 bridgehead atoms. The first kappa shape index (κ1) is 40.9. The first-order chi connectivity index (χ1) is 24.7. The molecule has 3 aromatic rings. The Balaban J connectivity index is 1.71. The molecular weight excluding hydrogens is 745 g/mol. The highest BCUT2D eigenvalue weighted by Gasteiger charge is 2.40. The Hall–Kier alpha value is -3.86. The zero-order chi connectivity index (χ0) is 38.0. The smallest absolute Gasteiger partial charge is 0.408 e. The molecule has 1 aliphatic carbocycles.